The van der Waals surface area contributed by atoms with Gasteiger partial charge < -0.3 is 9.64 Å². The number of pyridine rings is 1. The topological polar surface area (TPSA) is 54.8 Å². The summed E-state index contributed by atoms with van der Waals surface area (Å²) in [4.78, 5) is 20.9. The first-order valence-electron chi connectivity index (χ1n) is 7.62. The summed E-state index contributed by atoms with van der Waals surface area (Å²) in [6, 6.07) is 8.33. The van der Waals surface area contributed by atoms with Crippen LogP contribution < -0.4 is 4.90 Å². The zero-order chi connectivity index (χ0) is 18.7. The minimum Gasteiger partial charge on any atom is -0.440 e. The largest absolute Gasteiger partial charge is 0.440 e. The minimum absolute atomic E-state index is 0.0450. The molecule has 1 aliphatic heterocycles. The number of carbonyl (C=O) groups is 1. The molecule has 0 bridgehead atoms. The molecule has 5 nitrogen and oxygen atoms in total. The van der Waals surface area contributed by atoms with Crippen molar-refractivity contribution in [3.63, 3.8) is 0 Å². The van der Waals surface area contributed by atoms with Gasteiger partial charge >= 0.3 is 6.09 Å². The fourth-order valence-corrected chi connectivity index (χ4v) is 2.89. The molecule has 2 aromatic rings. The lowest BCUT2D eigenvalue weighted by Gasteiger charge is -2.26. The summed E-state index contributed by atoms with van der Waals surface area (Å²) >= 11 is 11.8. The van der Waals surface area contributed by atoms with Crippen LogP contribution in [0.3, 0.4) is 0 Å². The molecule has 9 heteroatoms. The van der Waals surface area contributed by atoms with Gasteiger partial charge in [0, 0.05) is 18.3 Å². The first kappa shape index (κ1) is 18.5. The lowest BCUT2D eigenvalue weighted by molar-refractivity contribution is 0.149. The van der Waals surface area contributed by atoms with Crippen molar-refractivity contribution in [3.8, 4) is 0 Å². The fraction of sp³-hybridized carbons (Fsp3) is 0.235. The number of aliphatic imine (C=N–C) groups is 1. The highest BCUT2D eigenvalue weighted by Crippen LogP contribution is 2.28. The molecular weight excluding hydrogens is 387 g/mol. The van der Waals surface area contributed by atoms with E-state index in [2.05, 4.69) is 9.98 Å². The van der Waals surface area contributed by atoms with Crippen molar-refractivity contribution in [2.24, 2.45) is 4.99 Å². The van der Waals surface area contributed by atoms with Gasteiger partial charge in [-0.15, -0.1) is 0 Å². The fourth-order valence-electron chi connectivity index (χ4n) is 2.59. The molecule has 0 unspecified atom stereocenters. The Morgan fingerprint density at radius 1 is 1.27 bits per heavy atom. The molecule has 2 heterocycles. The molecule has 0 atom stereocenters. The summed E-state index contributed by atoms with van der Waals surface area (Å²) in [5.41, 5.74) is 1.61. The second-order valence-corrected chi connectivity index (χ2v) is 6.27. The Balaban J connectivity index is 2.00. The number of alkyl halides is 2. The number of amides is 1. The van der Waals surface area contributed by atoms with Crippen molar-refractivity contribution < 1.29 is 18.3 Å². The van der Waals surface area contributed by atoms with Crippen molar-refractivity contribution in [3.05, 3.63) is 57.8 Å². The molecule has 0 fully saturated rings. The number of carbonyl (C=O) groups excluding carboxylic acids is 1. The summed E-state index contributed by atoms with van der Waals surface area (Å²) < 4.78 is 30.8. The van der Waals surface area contributed by atoms with Crippen LogP contribution >= 0.6 is 23.2 Å². The van der Waals surface area contributed by atoms with Crippen LogP contribution in [0, 0.1) is 0 Å². The van der Waals surface area contributed by atoms with Gasteiger partial charge in [0.05, 0.1) is 11.6 Å². The quantitative estimate of drug-likeness (QED) is 0.680. The molecule has 0 saturated heterocycles. The summed E-state index contributed by atoms with van der Waals surface area (Å²) in [7, 11) is 0. The van der Waals surface area contributed by atoms with Gasteiger partial charge in [0.2, 0.25) is 6.43 Å². The zero-order valence-electron chi connectivity index (χ0n) is 13.3. The number of aromatic nitrogens is 1. The monoisotopic (exact) mass is 399 g/mol. The van der Waals surface area contributed by atoms with Crippen LogP contribution in [-0.4, -0.2) is 29.9 Å². The van der Waals surface area contributed by atoms with Crippen LogP contribution in [0.1, 0.15) is 11.1 Å². The van der Waals surface area contributed by atoms with Crippen molar-refractivity contribution in [2.45, 2.75) is 19.4 Å². The Kier molecular flexibility index (Phi) is 5.68. The SMILES string of the molecule is O=C1N=C(N(Cc2cnc(Cl)c(Cl)c2)c2ccccc2CC(F)F)CO1. The standard InChI is InChI=1S/C17H13Cl2F2N3O2/c18-12-5-10(7-22-16(12)19)8-24(15-9-26-17(25)23-15)13-4-2-1-3-11(13)6-14(20)21/h1-5,7,14H,6,8-9H2. The van der Waals surface area contributed by atoms with Gasteiger partial charge in [-0.3, -0.25) is 0 Å². The van der Waals surface area contributed by atoms with Gasteiger partial charge in [0.25, 0.3) is 0 Å². The van der Waals surface area contributed by atoms with Crippen molar-refractivity contribution >= 4 is 40.8 Å². The minimum atomic E-state index is -2.51. The number of halogens is 4. The van der Waals surface area contributed by atoms with Crippen molar-refractivity contribution in [1.29, 1.82) is 0 Å². The average Bonchev–Trinajstić information content (AvgIpc) is 3.02. The van der Waals surface area contributed by atoms with E-state index in [0.29, 0.717) is 22.6 Å². The highest BCUT2D eigenvalue weighted by atomic mass is 35.5. The third-order valence-corrected chi connectivity index (χ3v) is 4.39. The van der Waals surface area contributed by atoms with E-state index in [-0.39, 0.29) is 23.3 Å². The van der Waals surface area contributed by atoms with E-state index >= 15 is 0 Å². The maximum absolute atomic E-state index is 13.0. The summed E-state index contributed by atoms with van der Waals surface area (Å²) in [6.45, 7) is 0.163. The lowest BCUT2D eigenvalue weighted by Crippen LogP contribution is -2.32. The first-order valence-corrected chi connectivity index (χ1v) is 8.37. The maximum atomic E-state index is 13.0. The van der Waals surface area contributed by atoms with Crippen LogP contribution in [0.25, 0.3) is 0 Å². The van der Waals surface area contributed by atoms with E-state index < -0.39 is 18.9 Å². The summed E-state index contributed by atoms with van der Waals surface area (Å²) in [5.74, 6) is 0.322. The predicted molar refractivity (Wildman–Crippen MR) is 95.4 cm³/mol. The van der Waals surface area contributed by atoms with Gasteiger partial charge in [-0.2, -0.15) is 4.99 Å². The van der Waals surface area contributed by atoms with E-state index in [1.807, 2.05) is 0 Å². The molecule has 0 saturated carbocycles. The van der Waals surface area contributed by atoms with E-state index in [4.69, 9.17) is 27.9 Å². The van der Waals surface area contributed by atoms with Gasteiger partial charge in [0.1, 0.15) is 5.15 Å². The summed E-state index contributed by atoms with van der Waals surface area (Å²) in [5, 5.41) is 0.433. The molecule has 1 aromatic heterocycles. The van der Waals surface area contributed by atoms with E-state index in [0.717, 1.165) is 0 Å². The Hall–Kier alpha value is -2.25. The average molecular weight is 400 g/mol. The van der Waals surface area contributed by atoms with Gasteiger partial charge in [0.15, 0.2) is 12.4 Å². The van der Waals surface area contributed by atoms with Gasteiger partial charge in [-0.25, -0.2) is 18.6 Å². The molecule has 0 spiro atoms. The summed E-state index contributed by atoms with van der Waals surface area (Å²) in [6.07, 6.45) is -2.12. The molecule has 1 aliphatic rings. The number of benzene rings is 1. The highest BCUT2D eigenvalue weighted by Gasteiger charge is 2.25. The smallest absolute Gasteiger partial charge is 0.435 e. The Morgan fingerprint density at radius 3 is 2.69 bits per heavy atom. The van der Waals surface area contributed by atoms with Crippen LogP contribution in [0.15, 0.2) is 41.5 Å². The molecule has 1 amide bonds. The molecule has 0 N–H and O–H groups in total. The van der Waals surface area contributed by atoms with E-state index in [1.54, 1.807) is 35.2 Å². The predicted octanol–water partition coefficient (Wildman–Crippen LogP) is 4.75. The number of anilines is 1. The van der Waals surface area contributed by atoms with Crippen molar-refractivity contribution in [2.75, 3.05) is 11.5 Å². The second kappa shape index (κ2) is 7.97. The highest BCUT2D eigenvalue weighted by molar-refractivity contribution is 6.41. The number of hydrogen-bond acceptors (Lipinski definition) is 4. The first-order chi connectivity index (χ1) is 12.4. The molecule has 26 heavy (non-hydrogen) atoms. The van der Waals surface area contributed by atoms with Gasteiger partial charge in [-0.1, -0.05) is 41.4 Å². The molecule has 0 radical (unpaired) electrons. The van der Waals surface area contributed by atoms with Gasteiger partial charge in [-0.05, 0) is 23.3 Å². The number of ether oxygens (including phenoxy) is 1. The lowest BCUT2D eigenvalue weighted by atomic mass is 10.1. The van der Waals surface area contributed by atoms with Crippen LogP contribution in [0.5, 0.6) is 0 Å². The number of hydrogen-bond donors (Lipinski definition) is 0. The molecule has 136 valence electrons. The van der Waals surface area contributed by atoms with Crippen LogP contribution in [-0.2, 0) is 17.7 Å². The molecule has 0 aliphatic carbocycles. The molecule has 3 rings (SSSR count). The normalized spacial score (nSPS) is 13.7. The maximum Gasteiger partial charge on any atom is 0.435 e. The third-order valence-electron chi connectivity index (χ3n) is 3.71. The van der Waals surface area contributed by atoms with Crippen LogP contribution in [0.4, 0.5) is 19.3 Å². The zero-order valence-corrected chi connectivity index (χ0v) is 14.8. The number of para-hydroxylation sites is 1. The van der Waals surface area contributed by atoms with E-state index in [1.165, 1.54) is 6.20 Å². The van der Waals surface area contributed by atoms with Crippen molar-refractivity contribution in [1.82, 2.24) is 4.98 Å². The number of nitrogens with zero attached hydrogens (tertiary/aromatic N) is 3. The van der Waals surface area contributed by atoms with E-state index in [9.17, 15) is 13.6 Å². The third kappa shape index (κ3) is 4.28. The second-order valence-electron chi connectivity index (χ2n) is 5.51. The Morgan fingerprint density at radius 2 is 2.04 bits per heavy atom. The Labute approximate surface area is 158 Å². The number of rotatable bonds is 5. The number of cyclic esters (lactones) is 1. The molecular formula is C17H13Cl2F2N3O2. The number of amidine groups is 1. The van der Waals surface area contributed by atoms with Crippen LogP contribution in [0.2, 0.25) is 10.2 Å². The Bertz CT molecular complexity index is 862. The molecule has 1 aromatic carbocycles.